The number of pyridine rings is 1. The summed E-state index contributed by atoms with van der Waals surface area (Å²) in [6.07, 6.45) is 10.1. The first-order chi connectivity index (χ1) is 20.0. The van der Waals surface area contributed by atoms with Crippen LogP contribution in [0.5, 0.6) is 11.6 Å². The van der Waals surface area contributed by atoms with Crippen LogP contribution in [0.15, 0.2) is 61.3 Å². The fourth-order valence-corrected chi connectivity index (χ4v) is 5.63. The molecule has 0 bridgehead atoms. The van der Waals surface area contributed by atoms with Crippen LogP contribution < -0.4 is 14.8 Å². The molecule has 214 valence electrons. The Balaban J connectivity index is 0.000000610. The van der Waals surface area contributed by atoms with Crippen LogP contribution in [0, 0.1) is 13.8 Å². The lowest BCUT2D eigenvalue weighted by atomic mass is 9.93. The molecule has 2 aromatic heterocycles. The van der Waals surface area contributed by atoms with Gasteiger partial charge in [-0.25, -0.2) is 4.98 Å². The molecular formula is C34H40N4O3. The zero-order valence-electron chi connectivity index (χ0n) is 24.4. The molecule has 2 aliphatic rings. The van der Waals surface area contributed by atoms with Crippen molar-refractivity contribution in [3.63, 3.8) is 0 Å². The number of benzene rings is 2. The summed E-state index contributed by atoms with van der Waals surface area (Å²) in [4.78, 5) is 4.85. The molecular weight excluding hydrogens is 512 g/mol. The van der Waals surface area contributed by atoms with Gasteiger partial charge in [0, 0.05) is 12.1 Å². The number of fused-ring (bicyclic) bond motifs is 1. The molecule has 0 atom stereocenters. The highest BCUT2D eigenvalue weighted by molar-refractivity contribution is 5.70. The number of methoxy groups -OCH3 is 1. The first-order valence-electron chi connectivity index (χ1n) is 14.5. The Hall–Kier alpha value is -4.10. The fourth-order valence-electron chi connectivity index (χ4n) is 5.63. The number of hydrogen-bond acceptors (Lipinski definition) is 6. The Morgan fingerprint density at radius 1 is 1.02 bits per heavy atom. The Kier molecular flexibility index (Phi) is 9.04. The molecule has 4 aromatic rings. The molecule has 1 aliphatic carbocycles. The average Bonchev–Trinajstić information content (AvgIpc) is 3.71. The van der Waals surface area contributed by atoms with Crippen LogP contribution in [0.25, 0.3) is 22.8 Å². The molecule has 1 aliphatic heterocycles. The van der Waals surface area contributed by atoms with Gasteiger partial charge in [0.2, 0.25) is 5.88 Å². The van der Waals surface area contributed by atoms with Crippen LogP contribution >= 0.6 is 0 Å². The van der Waals surface area contributed by atoms with E-state index in [0.717, 1.165) is 42.1 Å². The summed E-state index contributed by atoms with van der Waals surface area (Å²) >= 11 is 0. The van der Waals surface area contributed by atoms with Gasteiger partial charge in [-0.05, 0) is 72.8 Å². The topological polar surface area (TPSA) is 81.4 Å². The Labute approximate surface area is 242 Å². The van der Waals surface area contributed by atoms with E-state index in [1.54, 1.807) is 4.68 Å². The summed E-state index contributed by atoms with van der Waals surface area (Å²) in [5.41, 5.74) is 8.43. The number of aryl methyl sites for hydroxylation is 1. The van der Waals surface area contributed by atoms with Gasteiger partial charge in [-0.15, -0.1) is 0 Å². The summed E-state index contributed by atoms with van der Waals surface area (Å²) in [6, 6.07) is 16.2. The zero-order valence-corrected chi connectivity index (χ0v) is 24.4. The molecule has 0 amide bonds. The first-order valence-corrected chi connectivity index (χ1v) is 14.5. The number of hydrogen-bond donors (Lipinski definition) is 2. The van der Waals surface area contributed by atoms with E-state index in [0.29, 0.717) is 23.9 Å². The minimum Gasteiger partial charge on any atom is -0.508 e. The highest BCUT2D eigenvalue weighted by Crippen LogP contribution is 2.34. The third-order valence-electron chi connectivity index (χ3n) is 7.97. The van der Waals surface area contributed by atoms with Gasteiger partial charge < -0.3 is 19.9 Å². The minimum atomic E-state index is -0.114. The number of aliphatic hydroxyl groups excluding tert-OH is 1. The van der Waals surface area contributed by atoms with Gasteiger partial charge in [-0.1, -0.05) is 69.0 Å². The van der Waals surface area contributed by atoms with E-state index in [4.69, 9.17) is 14.5 Å². The highest BCUT2D eigenvalue weighted by atomic mass is 16.5. The normalized spacial score (nSPS) is 14.1. The van der Waals surface area contributed by atoms with Crippen LogP contribution in [0.1, 0.15) is 65.5 Å². The molecule has 2 aromatic carbocycles. The molecule has 1 saturated carbocycles. The number of nitrogens with zero attached hydrogens (tertiary/aromatic N) is 3. The van der Waals surface area contributed by atoms with Crippen molar-refractivity contribution in [2.24, 2.45) is 0 Å². The van der Waals surface area contributed by atoms with E-state index in [9.17, 15) is 5.11 Å². The van der Waals surface area contributed by atoms with Crippen LogP contribution in [-0.2, 0) is 19.6 Å². The lowest BCUT2D eigenvalue weighted by Gasteiger charge is -2.22. The second-order valence-electron chi connectivity index (χ2n) is 10.7. The van der Waals surface area contributed by atoms with Crippen molar-refractivity contribution in [2.75, 3.05) is 13.7 Å². The van der Waals surface area contributed by atoms with Gasteiger partial charge in [0.15, 0.2) is 5.82 Å². The molecule has 0 unspecified atom stereocenters. The molecule has 1 fully saturated rings. The predicted octanol–water partition coefficient (Wildman–Crippen LogP) is 7.26. The third-order valence-corrected chi connectivity index (χ3v) is 7.97. The molecule has 0 spiro atoms. The van der Waals surface area contributed by atoms with Gasteiger partial charge >= 0.3 is 0 Å². The zero-order chi connectivity index (χ0) is 28.8. The number of rotatable bonds is 7. The average molecular weight is 553 g/mol. The maximum Gasteiger partial charge on any atom is 0.229 e. The van der Waals surface area contributed by atoms with Gasteiger partial charge in [-0.2, -0.15) is 9.78 Å². The summed E-state index contributed by atoms with van der Waals surface area (Å²) in [5, 5.41) is 17.7. The van der Waals surface area contributed by atoms with Crippen molar-refractivity contribution in [3.8, 4) is 28.7 Å². The van der Waals surface area contributed by atoms with E-state index < -0.39 is 0 Å². The van der Waals surface area contributed by atoms with Crippen molar-refractivity contribution < 1.29 is 14.6 Å². The summed E-state index contributed by atoms with van der Waals surface area (Å²) < 4.78 is 13.5. The predicted molar refractivity (Wildman–Crippen MR) is 164 cm³/mol. The third kappa shape index (κ3) is 6.30. The SMILES string of the molecule is C1CCCC1.C=C(O)c1cnn(-c2cccc(-c3cccc(C)c3OCc3ccc4c(c3C)CCNC4)n2)c1OC. The summed E-state index contributed by atoms with van der Waals surface area (Å²) in [5.74, 6) is 1.62. The first kappa shape index (κ1) is 28.4. The van der Waals surface area contributed by atoms with Crippen molar-refractivity contribution in [1.82, 2.24) is 20.1 Å². The molecule has 7 nitrogen and oxygen atoms in total. The number of aromatic nitrogens is 3. The highest BCUT2D eigenvalue weighted by Gasteiger charge is 2.18. The smallest absolute Gasteiger partial charge is 0.229 e. The molecule has 0 saturated heterocycles. The van der Waals surface area contributed by atoms with E-state index >= 15 is 0 Å². The van der Waals surface area contributed by atoms with Gasteiger partial charge in [0.25, 0.3) is 0 Å². The second kappa shape index (κ2) is 13.0. The summed E-state index contributed by atoms with van der Waals surface area (Å²) in [7, 11) is 1.52. The van der Waals surface area contributed by atoms with Crippen LogP contribution in [-0.4, -0.2) is 33.5 Å². The molecule has 41 heavy (non-hydrogen) atoms. The van der Waals surface area contributed by atoms with Gasteiger partial charge in [0.05, 0.1) is 24.6 Å². The Bertz CT molecular complexity index is 1510. The Morgan fingerprint density at radius 3 is 2.51 bits per heavy atom. The molecule has 7 heteroatoms. The standard InChI is InChI=1S/C29H30N4O3.C5H10/c1-18-7-5-8-24(28(18)36-17-22-12-11-21-15-30-14-13-23(21)19(22)2)26-9-6-10-27(32-26)33-29(35-4)25(16-31-33)20(3)34;1-2-4-5-3-1/h5-12,16,30,34H,3,13-15,17H2,1-2,4H3;1-5H2. The van der Waals surface area contributed by atoms with Gasteiger partial charge in [-0.3, -0.25) is 0 Å². The molecule has 2 N–H and O–H groups in total. The Morgan fingerprint density at radius 2 is 1.78 bits per heavy atom. The van der Waals surface area contributed by atoms with Crippen LogP contribution in [0.4, 0.5) is 0 Å². The quantitative estimate of drug-likeness (QED) is 0.235. The second-order valence-corrected chi connectivity index (χ2v) is 10.7. The molecule has 3 heterocycles. The number of ether oxygens (including phenoxy) is 2. The van der Waals surface area contributed by atoms with E-state index in [1.165, 1.54) is 67.7 Å². The monoisotopic (exact) mass is 552 g/mol. The number of nitrogens with one attached hydrogen (secondary N) is 1. The van der Waals surface area contributed by atoms with Crippen molar-refractivity contribution in [3.05, 3.63) is 94.7 Å². The van der Waals surface area contributed by atoms with E-state index in [2.05, 4.69) is 36.1 Å². The fraction of sp³-hybridized carbons (Fsp3) is 0.353. The minimum absolute atomic E-state index is 0.114. The molecule has 6 rings (SSSR count). The van der Waals surface area contributed by atoms with Crippen LogP contribution in [0.2, 0.25) is 0 Å². The van der Waals surface area contributed by atoms with E-state index in [-0.39, 0.29) is 5.76 Å². The lowest BCUT2D eigenvalue weighted by Crippen LogP contribution is -2.24. The molecule has 0 radical (unpaired) electrons. The van der Waals surface area contributed by atoms with Crippen molar-refractivity contribution in [1.29, 1.82) is 0 Å². The summed E-state index contributed by atoms with van der Waals surface area (Å²) in [6.45, 7) is 10.2. The lowest BCUT2D eigenvalue weighted by molar-refractivity contribution is 0.304. The number of aliphatic hydroxyl groups is 1. The van der Waals surface area contributed by atoms with Crippen molar-refractivity contribution >= 4 is 5.76 Å². The van der Waals surface area contributed by atoms with Crippen LogP contribution in [0.3, 0.4) is 0 Å². The van der Waals surface area contributed by atoms with E-state index in [1.807, 2.05) is 43.3 Å². The largest absolute Gasteiger partial charge is 0.508 e. The maximum absolute atomic E-state index is 9.87. The maximum atomic E-state index is 9.87. The van der Waals surface area contributed by atoms with Crippen molar-refractivity contribution in [2.45, 2.75) is 65.5 Å². The number of para-hydroxylation sites is 1. The van der Waals surface area contributed by atoms with Gasteiger partial charge in [0.1, 0.15) is 18.1 Å².